The summed E-state index contributed by atoms with van der Waals surface area (Å²) >= 11 is 0. The van der Waals surface area contributed by atoms with Gasteiger partial charge in [0, 0.05) is 31.9 Å². The van der Waals surface area contributed by atoms with Crippen LogP contribution in [-0.2, 0) is 13.0 Å². The van der Waals surface area contributed by atoms with Crippen LogP contribution in [0.15, 0.2) is 12.1 Å². The molecule has 0 N–H and O–H groups in total. The van der Waals surface area contributed by atoms with Crippen molar-refractivity contribution in [1.82, 2.24) is 14.5 Å². The summed E-state index contributed by atoms with van der Waals surface area (Å²) in [6.07, 6.45) is -2.77. The zero-order valence-electron chi connectivity index (χ0n) is 19.2. The van der Waals surface area contributed by atoms with Crippen molar-refractivity contribution in [2.24, 2.45) is 5.92 Å². The van der Waals surface area contributed by atoms with Gasteiger partial charge in [-0.05, 0) is 57.1 Å². The smallest absolute Gasteiger partial charge is 0.337 e. The van der Waals surface area contributed by atoms with Crippen molar-refractivity contribution >= 4 is 17.5 Å². The van der Waals surface area contributed by atoms with Crippen LogP contribution >= 0.6 is 0 Å². The Hall–Kier alpha value is -2.51. The maximum Gasteiger partial charge on any atom is 0.390 e. The number of anilines is 2. The lowest BCUT2D eigenvalue weighted by molar-refractivity contribution is -0.136. The summed E-state index contributed by atoms with van der Waals surface area (Å²) in [5.74, 6) is 0.700. The number of alkyl halides is 3. The zero-order chi connectivity index (χ0) is 23.2. The van der Waals surface area contributed by atoms with E-state index in [4.69, 9.17) is 4.98 Å². The van der Waals surface area contributed by atoms with Crippen molar-refractivity contribution in [2.75, 3.05) is 24.5 Å². The molecular weight excluding hydrogens is 417 g/mol. The van der Waals surface area contributed by atoms with Gasteiger partial charge in [-0.3, -0.25) is 4.79 Å². The highest BCUT2D eigenvalue weighted by Gasteiger charge is 2.37. The second-order valence-electron chi connectivity index (χ2n) is 9.17. The summed E-state index contributed by atoms with van der Waals surface area (Å²) in [4.78, 5) is 21.9. The van der Waals surface area contributed by atoms with Gasteiger partial charge in [0.15, 0.2) is 0 Å². The van der Waals surface area contributed by atoms with Gasteiger partial charge in [-0.1, -0.05) is 24.6 Å². The van der Waals surface area contributed by atoms with Crippen molar-refractivity contribution in [3.05, 3.63) is 40.2 Å². The van der Waals surface area contributed by atoms with E-state index >= 15 is 0 Å². The molecule has 1 amide bonds. The molecule has 1 aromatic heterocycles. The van der Waals surface area contributed by atoms with E-state index in [1.54, 1.807) is 0 Å². The Kier molecular flexibility index (Phi) is 5.98. The maximum absolute atomic E-state index is 13.5. The van der Waals surface area contributed by atoms with Crippen LogP contribution in [0.25, 0.3) is 0 Å². The fourth-order valence-corrected chi connectivity index (χ4v) is 4.80. The predicted molar refractivity (Wildman–Crippen MR) is 119 cm³/mol. The number of carbonyl (C=O) groups is 1. The number of aromatic nitrogens is 2. The monoisotopic (exact) mass is 448 g/mol. The van der Waals surface area contributed by atoms with E-state index in [-0.39, 0.29) is 12.5 Å². The summed E-state index contributed by atoms with van der Waals surface area (Å²) in [5, 5.41) is 0. The molecule has 1 saturated carbocycles. The molecular formula is C24H31F3N4O. The standard InChI is InChI=1S/C24H31F3N4O/c1-5-19-21(22(32)29(14-18-6-7-18)9-8-24(25,26)27)31-11-10-30(23(31)28-19)20-16(3)12-15(2)13-17(20)4/h12-13,18H,5-11,14H2,1-4H3. The minimum Gasteiger partial charge on any atom is -0.337 e. The normalized spacial score (nSPS) is 15.9. The Labute approximate surface area is 187 Å². The number of benzene rings is 1. The van der Waals surface area contributed by atoms with Gasteiger partial charge in [0.2, 0.25) is 5.95 Å². The SMILES string of the molecule is CCc1nc2n(c1C(=O)N(CCC(F)(F)F)CC1CC1)CCN2c1c(C)cc(C)cc1C. The third kappa shape index (κ3) is 4.50. The summed E-state index contributed by atoms with van der Waals surface area (Å²) in [6.45, 7) is 9.50. The highest BCUT2D eigenvalue weighted by molar-refractivity contribution is 5.95. The van der Waals surface area contributed by atoms with Gasteiger partial charge in [-0.15, -0.1) is 0 Å². The third-order valence-corrected chi connectivity index (χ3v) is 6.38. The van der Waals surface area contributed by atoms with Crippen LogP contribution < -0.4 is 4.90 Å². The number of hydrogen-bond acceptors (Lipinski definition) is 3. The van der Waals surface area contributed by atoms with Crippen LogP contribution in [0.1, 0.15) is 59.1 Å². The number of rotatable bonds is 7. The van der Waals surface area contributed by atoms with E-state index in [9.17, 15) is 18.0 Å². The minimum absolute atomic E-state index is 0.303. The molecule has 0 radical (unpaired) electrons. The zero-order valence-corrected chi connectivity index (χ0v) is 19.2. The minimum atomic E-state index is -4.29. The molecule has 1 fully saturated rings. The number of amides is 1. The number of halogens is 3. The first-order valence-electron chi connectivity index (χ1n) is 11.4. The molecule has 0 atom stereocenters. The molecule has 5 nitrogen and oxygen atoms in total. The molecule has 1 aromatic carbocycles. The fourth-order valence-electron chi connectivity index (χ4n) is 4.80. The summed E-state index contributed by atoms with van der Waals surface area (Å²) in [6, 6.07) is 4.27. The lowest BCUT2D eigenvalue weighted by Crippen LogP contribution is -2.37. The van der Waals surface area contributed by atoms with Gasteiger partial charge in [-0.25, -0.2) is 4.98 Å². The van der Waals surface area contributed by atoms with Crippen LogP contribution in [-0.4, -0.2) is 46.2 Å². The van der Waals surface area contributed by atoms with Crippen LogP contribution in [0.4, 0.5) is 24.8 Å². The summed E-state index contributed by atoms with van der Waals surface area (Å²) in [5.41, 5.74) is 5.68. The second kappa shape index (κ2) is 8.45. The lowest BCUT2D eigenvalue weighted by Gasteiger charge is -2.24. The lowest BCUT2D eigenvalue weighted by atomic mass is 10.0. The maximum atomic E-state index is 13.5. The molecule has 2 heterocycles. The number of nitrogens with zero attached hydrogens (tertiary/aromatic N) is 4. The average molecular weight is 449 g/mol. The van der Waals surface area contributed by atoms with Crippen LogP contribution in [0.3, 0.4) is 0 Å². The first-order valence-corrected chi connectivity index (χ1v) is 11.4. The van der Waals surface area contributed by atoms with Crippen molar-refractivity contribution in [1.29, 1.82) is 0 Å². The Morgan fingerprint density at radius 3 is 2.38 bits per heavy atom. The molecule has 8 heteroatoms. The van der Waals surface area contributed by atoms with Crippen LogP contribution in [0.5, 0.6) is 0 Å². The molecule has 32 heavy (non-hydrogen) atoms. The fraction of sp³-hybridized carbons (Fsp3) is 0.583. The largest absolute Gasteiger partial charge is 0.390 e. The van der Waals surface area contributed by atoms with E-state index < -0.39 is 12.6 Å². The number of imidazole rings is 1. The highest BCUT2D eigenvalue weighted by atomic mass is 19.4. The van der Waals surface area contributed by atoms with E-state index in [2.05, 4.69) is 37.8 Å². The topological polar surface area (TPSA) is 41.4 Å². The van der Waals surface area contributed by atoms with E-state index in [0.717, 1.165) is 29.7 Å². The third-order valence-electron chi connectivity index (χ3n) is 6.38. The second-order valence-corrected chi connectivity index (χ2v) is 9.17. The molecule has 1 aliphatic carbocycles. The Balaban J connectivity index is 1.69. The van der Waals surface area contributed by atoms with Gasteiger partial charge in [0.25, 0.3) is 5.91 Å². The van der Waals surface area contributed by atoms with Crippen molar-refractivity contribution in [2.45, 2.75) is 66.1 Å². The number of aryl methyl sites for hydroxylation is 4. The van der Waals surface area contributed by atoms with Gasteiger partial charge < -0.3 is 14.4 Å². The number of carbonyl (C=O) groups excluding carboxylic acids is 1. The molecule has 174 valence electrons. The Morgan fingerprint density at radius 2 is 1.81 bits per heavy atom. The Bertz CT molecular complexity index is 1000. The van der Waals surface area contributed by atoms with Gasteiger partial charge in [-0.2, -0.15) is 13.2 Å². The highest BCUT2D eigenvalue weighted by Crippen LogP contribution is 2.37. The number of hydrogen-bond donors (Lipinski definition) is 0. The van der Waals surface area contributed by atoms with Gasteiger partial charge in [0.05, 0.1) is 12.1 Å². The number of fused-ring (bicyclic) bond motifs is 1. The molecule has 0 unspecified atom stereocenters. The molecule has 1 aliphatic heterocycles. The van der Waals surface area contributed by atoms with Crippen LogP contribution in [0, 0.1) is 26.7 Å². The van der Waals surface area contributed by atoms with Crippen molar-refractivity contribution in [3.8, 4) is 0 Å². The molecule has 0 bridgehead atoms. The predicted octanol–water partition coefficient (Wildman–Crippen LogP) is 5.33. The Morgan fingerprint density at radius 1 is 1.16 bits per heavy atom. The molecule has 2 aromatic rings. The molecule has 2 aliphatic rings. The van der Waals surface area contributed by atoms with Crippen molar-refractivity contribution < 1.29 is 18.0 Å². The quantitative estimate of drug-likeness (QED) is 0.575. The van der Waals surface area contributed by atoms with Gasteiger partial charge >= 0.3 is 6.18 Å². The molecule has 0 spiro atoms. The molecule has 4 rings (SSSR count). The van der Waals surface area contributed by atoms with E-state index in [0.29, 0.717) is 49.3 Å². The van der Waals surface area contributed by atoms with Crippen LogP contribution in [0.2, 0.25) is 0 Å². The van der Waals surface area contributed by atoms with E-state index in [1.807, 2.05) is 11.5 Å². The first-order chi connectivity index (χ1) is 15.1. The summed E-state index contributed by atoms with van der Waals surface area (Å²) in [7, 11) is 0. The van der Waals surface area contributed by atoms with E-state index in [1.165, 1.54) is 10.5 Å². The van der Waals surface area contributed by atoms with Crippen molar-refractivity contribution in [3.63, 3.8) is 0 Å². The van der Waals surface area contributed by atoms with Gasteiger partial charge in [0.1, 0.15) is 5.69 Å². The molecule has 0 saturated heterocycles. The average Bonchev–Trinajstić information content (AvgIpc) is 3.31. The summed E-state index contributed by atoms with van der Waals surface area (Å²) < 4.78 is 40.7. The first kappa shape index (κ1) is 22.7.